The Labute approximate surface area is 126 Å². The fourth-order valence-electron chi connectivity index (χ4n) is 2.78. The highest BCUT2D eigenvalue weighted by Crippen LogP contribution is 2.34. The van der Waals surface area contributed by atoms with E-state index in [1.165, 1.54) is 12.1 Å². The Kier molecular flexibility index (Phi) is 2.65. The van der Waals surface area contributed by atoms with Crippen molar-refractivity contribution in [3.63, 3.8) is 0 Å². The summed E-state index contributed by atoms with van der Waals surface area (Å²) in [6.45, 7) is 0.103. The van der Waals surface area contributed by atoms with E-state index in [-0.39, 0.29) is 17.2 Å². The second-order valence-corrected chi connectivity index (χ2v) is 6.79. The van der Waals surface area contributed by atoms with Gasteiger partial charge in [-0.25, -0.2) is 17.2 Å². The first-order valence-corrected chi connectivity index (χ1v) is 8.15. The topological polar surface area (TPSA) is 65.4 Å². The molecule has 6 heteroatoms. The number of hydrogen-bond donors (Lipinski definition) is 0. The summed E-state index contributed by atoms with van der Waals surface area (Å²) in [5.74, 6) is -0.606. The van der Waals surface area contributed by atoms with E-state index in [9.17, 15) is 13.2 Å². The predicted molar refractivity (Wildman–Crippen MR) is 80.1 cm³/mol. The molecule has 0 atom stereocenters. The van der Waals surface area contributed by atoms with Crippen molar-refractivity contribution in [2.75, 3.05) is 0 Å². The number of fused-ring (bicyclic) bond motifs is 3. The lowest BCUT2D eigenvalue weighted by Gasteiger charge is -2.09. The van der Waals surface area contributed by atoms with Gasteiger partial charge in [0.2, 0.25) is 0 Å². The summed E-state index contributed by atoms with van der Waals surface area (Å²) in [6.07, 6.45) is 0. The lowest BCUT2D eigenvalue weighted by molar-refractivity contribution is 0.0529. The predicted octanol–water partition coefficient (Wildman–Crippen LogP) is 2.55. The van der Waals surface area contributed by atoms with Crippen molar-refractivity contribution in [2.24, 2.45) is 0 Å². The number of rotatable bonds is 2. The molecule has 0 fully saturated rings. The Balaban J connectivity index is 2.12. The van der Waals surface area contributed by atoms with Crippen LogP contribution in [0.5, 0.6) is 0 Å². The monoisotopic (exact) mass is 313 g/mol. The molecular weight excluding hydrogens is 302 g/mol. The highest BCUT2D eigenvalue weighted by atomic mass is 32.2. The van der Waals surface area contributed by atoms with E-state index in [0.29, 0.717) is 11.1 Å². The molecular formula is C16H11NO4S. The molecule has 1 aromatic heterocycles. The number of aromatic nitrogens is 1. The molecule has 5 nitrogen and oxygen atoms in total. The molecule has 22 heavy (non-hydrogen) atoms. The molecule has 0 saturated heterocycles. The lowest BCUT2D eigenvalue weighted by Crippen LogP contribution is -2.17. The number of carbonyl (C=O) groups is 1. The zero-order valence-corrected chi connectivity index (χ0v) is 12.2. The number of nitrogens with zero attached hydrogens (tertiary/aromatic N) is 1. The number of para-hydroxylation sites is 1. The molecule has 0 bridgehead atoms. The van der Waals surface area contributed by atoms with Gasteiger partial charge in [-0.1, -0.05) is 36.4 Å². The molecule has 0 radical (unpaired) electrons. The van der Waals surface area contributed by atoms with Crippen LogP contribution in [0, 0.1) is 0 Å². The number of benzene rings is 2. The third-order valence-electron chi connectivity index (χ3n) is 3.76. The Bertz CT molecular complexity index is 1000. The zero-order valence-electron chi connectivity index (χ0n) is 11.4. The van der Waals surface area contributed by atoms with Crippen LogP contribution in [0.3, 0.4) is 0 Å². The van der Waals surface area contributed by atoms with Crippen molar-refractivity contribution in [3.8, 4) is 0 Å². The van der Waals surface area contributed by atoms with Gasteiger partial charge in [0.15, 0.2) is 0 Å². The summed E-state index contributed by atoms with van der Waals surface area (Å²) in [6, 6.07) is 15.1. The van der Waals surface area contributed by atoms with E-state index in [1.807, 2.05) is 6.07 Å². The average molecular weight is 313 g/mol. The minimum Gasteiger partial charge on any atom is -0.456 e. The molecule has 3 aromatic rings. The summed E-state index contributed by atoms with van der Waals surface area (Å²) in [4.78, 5) is 12.2. The van der Waals surface area contributed by atoms with Gasteiger partial charge in [0.05, 0.1) is 10.4 Å². The van der Waals surface area contributed by atoms with Crippen molar-refractivity contribution >= 4 is 26.9 Å². The van der Waals surface area contributed by atoms with Crippen LogP contribution in [0.25, 0.3) is 10.9 Å². The van der Waals surface area contributed by atoms with Crippen molar-refractivity contribution in [1.82, 2.24) is 3.97 Å². The lowest BCUT2D eigenvalue weighted by atomic mass is 10.1. The van der Waals surface area contributed by atoms with Gasteiger partial charge >= 0.3 is 5.97 Å². The average Bonchev–Trinajstić information content (AvgIpc) is 3.07. The van der Waals surface area contributed by atoms with Crippen LogP contribution in [0.15, 0.2) is 59.5 Å². The third-order valence-corrected chi connectivity index (χ3v) is 5.49. The van der Waals surface area contributed by atoms with Crippen molar-refractivity contribution in [1.29, 1.82) is 0 Å². The first-order chi connectivity index (χ1) is 10.6. The van der Waals surface area contributed by atoms with Crippen molar-refractivity contribution in [2.45, 2.75) is 11.5 Å². The standard InChI is InChI=1S/C16H11NO4S/c18-16-15-13(10-21-16)12-8-4-5-9-14(12)17(15)22(19,20)11-6-2-1-3-7-11/h1-9H,10H2. The van der Waals surface area contributed by atoms with E-state index in [2.05, 4.69) is 0 Å². The molecule has 0 N–H and O–H groups in total. The molecule has 0 amide bonds. The van der Waals surface area contributed by atoms with Crippen LogP contribution >= 0.6 is 0 Å². The third kappa shape index (κ3) is 1.64. The Morgan fingerprint density at radius 1 is 0.955 bits per heavy atom. The summed E-state index contributed by atoms with van der Waals surface area (Å²) in [7, 11) is -3.86. The molecule has 110 valence electrons. The maximum absolute atomic E-state index is 13.0. The van der Waals surface area contributed by atoms with Crippen LogP contribution in [-0.2, 0) is 21.4 Å². The van der Waals surface area contributed by atoms with Crippen molar-refractivity contribution < 1.29 is 17.9 Å². The number of hydrogen-bond acceptors (Lipinski definition) is 4. The van der Waals surface area contributed by atoms with E-state index in [0.717, 1.165) is 9.36 Å². The molecule has 1 aliphatic rings. The van der Waals surface area contributed by atoms with Crippen molar-refractivity contribution in [3.05, 3.63) is 65.9 Å². The molecule has 4 rings (SSSR count). The molecule has 0 unspecified atom stereocenters. The second kappa shape index (κ2) is 4.45. The highest BCUT2D eigenvalue weighted by Gasteiger charge is 2.35. The highest BCUT2D eigenvalue weighted by molar-refractivity contribution is 7.90. The Morgan fingerprint density at radius 2 is 1.64 bits per heavy atom. The first-order valence-electron chi connectivity index (χ1n) is 6.71. The van der Waals surface area contributed by atoms with E-state index in [4.69, 9.17) is 4.74 Å². The van der Waals surface area contributed by atoms with Crippen LogP contribution in [0.4, 0.5) is 0 Å². The van der Waals surface area contributed by atoms with Gasteiger partial charge in [-0.2, -0.15) is 0 Å². The van der Waals surface area contributed by atoms with Gasteiger partial charge in [-0.05, 0) is 18.2 Å². The van der Waals surface area contributed by atoms with Gasteiger partial charge in [0, 0.05) is 10.9 Å². The van der Waals surface area contributed by atoms with Gasteiger partial charge in [-0.15, -0.1) is 0 Å². The summed E-state index contributed by atoms with van der Waals surface area (Å²) < 4.78 is 32.1. The van der Waals surface area contributed by atoms with E-state index < -0.39 is 16.0 Å². The second-order valence-electron chi connectivity index (χ2n) is 5.00. The summed E-state index contributed by atoms with van der Waals surface area (Å²) >= 11 is 0. The first kappa shape index (κ1) is 13.1. The van der Waals surface area contributed by atoms with Gasteiger partial charge < -0.3 is 4.74 Å². The van der Waals surface area contributed by atoms with Crippen LogP contribution in [0.2, 0.25) is 0 Å². The summed E-state index contributed by atoms with van der Waals surface area (Å²) in [5.41, 5.74) is 1.22. The van der Waals surface area contributed by atoms with Gasteiger partial charge in [0.25, 0.3) is 10.0 Å². The minimum atomic E-state index is -3.86. The fraction of sp³-hybridized carbons (Fsp3) is 0.0625. The Hall–Kier alpha value is -2.60. The summed E-state index contributed by atoms with van der Waals surface area (Å²) in [5, 5.41) is 0.725. The normalized spacial score (nSPS) is 14.1. The Morgan fingerprint density at radius 3 is 2.41 bits per heavy atom. The molecule has 1 aliphatic heterocycles. The number of cyclic esters (lactones) is 1. The van der Waals surface area contributed by atoms with Gasteiger partial charge in [-0.3, -0.25) is 0 Å². The number of esters is 1. The fourth-order valence-corrected chi connectivity index (χ4v) is 4.34. The van der Waals surface area contributed by atoms with Crippen LogP contribution in [0.1, 0.15) is 16.1 Å². The maximum atomic E-state index is 13.0. The largest absolute Gasteiger partial charge is 0.456 e. The smallest absolute Gasteiger partial charge is 0.356 e. The number of ether oxygens (including phenoxy) is 1. The molecule has 2 heterocycles. The molecule has 0 spiro atoms. The molecule has 0 saturated carbocycles. The van der Waals surface area contributed by atoms with E-state index in [1.54, 1.807) is 36.4 Å². The van der Waals surface area contributed by atoms with Crippen LogP contribution in [-0.4, -0.2) is 18.4 Å². The van der Waals surface area contributed by atoms with Crippen LogP contribution < -0.4 is 0 Å². The quantitative estimate of drug-likeness (QED) is 0.682. The zero-order chi connectivity index (χ0) is 15.3. The SMILES string of the molecule is O=C1OCc2c1n(S(=O)(=O)c1ccccc1)c1ccccc21. The maximum Gasteiger partial charge on any atom is 0.356 e. The molecule has 2 aromatic carbocycles. The number of carbonyl (C=O) groups excluding carboxylic acids is 1. The molecule has 0 aliphatic carbocycles. The van der Waals surface area contributed by atoms with E-state index >= 15 is 0 Å². The van der Waals surface area contributed by atoms with Gasteiger partial charge in [0.1, 0.15) is 12.3 Å². The minimum absolute atomic E-state index is 0.102.